The minimum Gasteiger partial charge on any atom is -0.508 e. The highest BCUT2D eigenvalue weighted by atomic mass is 16.3. The summed E-state index contributed by atoms with van der Waals surface area (Å²) in [6.45, 7) is 6.88. The first kappa shape index (κ1) is 9.28. The maximum absolute atomic E-state index is 9.79. The molecule has 1 heterocycles. The van der Waals surface area contributed by atoms with Crippen molar-refractivity contribution in [1.29, 1.82) is 0 Å². The molecular weight excluding hydrogens is 174 g/mol. The topological polar surface area (TPSA) is 32.3 Å². The van der Waals surface area contributed by atoms with Crippen LogP contribution in [0.15, 0.2) is 30.4 Å². The van der Waals surface area contributed by atoms with Crippen molar-refractivity contribution in [3.8, 4) is 5.75 Å². The summed E-state index contributed by atoms with van der Waals surface area (Å²) >= 11 is 0. The Morgan fingerprint density at radius 2 is 2.36 bits per heavy atom. The molecule has 0 bridgehead atoms. The maximum Gasteiger partial charge on any atom is 0.120 e. The summed E-state index contributed by atoms with van der Waals surface area (Å²) in [5.74, 6) is 0.378. The van der Waals surface area contributed by atoms with E-state index >= 15 is 0 Å². The van der Waals surface area contributed by atoms with Crippen LogP contribution in [0.25, 0.3) is 0 Å². The number of rotatable bonds is 1. The lowest BCUT2D eigenvalue weighted by molar-refractivity contribution is 0.447. The van der Waals surface area contributed by atoms with Gasteiger partial charge in [0.05, 0.1) is 6.04 Å². The molecule has 2 nitrogen and oxygen atoms in total. The Hall–Kier alpha value is -1.28. The Balaban J connectivity index is 2.52. The van der Waals surface area contributed by atoms with Gasteiger partial charge in [-0.1, -0.05) is 24.3 Å². The summed E-state index contributed by atoms with van der Waals surface area (Å²) in [5.41, 5.74) is 3.29. The SMILES string of the molecule is C=C(C)C1NCCc2cccc(O)c21. The van der Waals surface area contributed by atoms with Gasteiger partial charge in [-0.3, -0.25) is 0 Å². The molecule has 1 aliphatic rings. The van der Waals surface area contributed by atoms with Gasteiger partial charge in [-0.15, -0.1) is 0 Å². The first-order valence-corrected chi connectivity index (χ1v) is 4.89. The zero-order valence-electron chi connectivity index (χ0n) is 8.38. The fourth-order valence-electron chi connectivity index (χ4n) is 2.02. The van der Waals surface area contributed by atoms with Gasteiger partial charge in [-0.2, -0.15) is 0 Å². The van der Waals surface area contributed by atoms with Crippen molar-refractivity contribution in [2.45, 2.75) is 19.4 Å². The van der Waals surface area contributed by atoms with Crippen LogP contribution in [-0.4, -0.2) is 11.7 Å². The van der Waals surface area contributed by atoms with Crippen molar-refractivity contribution in [1.82, 2.24) is 5.32 Å². The predicted molar refractivity (Wildman–Crippen MR) is 57.4 cm³/mol. The third-order valence-electron chi connectivity index (χ3n) is 2.70. The molecule has 74 valence electrons. The Labute approximate surface area is 84.3 Å². The molecule has 1 aromatic carbocycles. The van der Waals surface area contributed by atoms with Crippen LogP contribution in [0, 0.1) is 0 Å². The molecule has 0 aromatic heterocycles. The van der Waals surface area contributed by atoms with Crippen molar-refractivity contribution >= 4 is 0 Å². The van der Waals surface area contributed by atoms with E-state index in [1.165, 1.54) is 5.56 Å². The number of hydrogen-bond donors (Lipinski definition) is 2. The van der Waals surface area contributed by atoms with Gasteiger partial charge in [-0.25, -0.2) is 0 Å². The molecule has 0 saturated carbocycles. The van der Waals surface area contributed by atoms with Gasteiger partial charge in [0.2, 0.25) is 0 Å². The minimum absolute atomic E-state index is 0.111. The zero-order valence-corrected chi connectivity index (χ0v) is 8.38. The van der Waals surface area contributed by atoms with Crippen LogP contribution in [0.1, 0.15) is 24.1 Å². The van der Waals surface area contributed by atoms with Crippen LogP contribution in [0.2, 0.25) is 0 Å². The van der Waals surface area contributed by atoms with Crippen LogP contribution in [0.4, 0.5) is 0 Å². The van der Waals surface area contributed by atoms with Crippen LogP contribution >= 0.6 is 0 Å². The molecule has 0 spiro atoms. The molecule has 1 atom stereocenters. The van der Waals surface area contributed by atoms with Gasteiger partial charge in [0, 0.05) is 12.1 Å². The van der Waals surface area contributed by atoms with Crippen molar-refractivity contribution in [3.05, 3.63) is 41.5 Å². The van der Waals surface area contributed by atoms with E-state index in [9.17, 15) is 5.11 Å². The van der Waals surface area contributed by atoms with E-state index in [4.69, 9.17) is 0 Å². The second kappa shape index (κ2) is 3.46. The smallest absolute Gasteiger partial charge is 0.120 e. The number of hydrogen-bond acceptors (Lipinski definition) is 2. The molecule has 0 saturated heterocycles. The molecule has 14 heavy (non-hydrogen) atoms. The van der Waals surface area contributed by atoms with Gasteiger partial charge < -0.3 is 10.4 Å². The molecule has 0 radical (unpaired) electrons. The summed E-state index contributed by atoms with van der Waals surface area (Å²) in [6, 6.07) is 5.82. The van der Waals surface area contributed by atoms with Crippen molar-refractivity contribution in [3.63, 3.8) is 0 Å². The number of nitrogens with one attached hydrogen (secondary N) is 1. The average Bonchev–Trinajstić information content (AvgIpc) is 2.17. The molecular formula is C12H15NO. The Morgan fingerprint density at radius 1 is 1.57 bits per heavy atom. The van der Waals surface area contributed by atoms with Crippen molar-refractivity contribution in [2.75, 3.05) is 6.54 Å². The first-order valence-electron chi connectivity index (χ1n) is 4.89. The van der Waals surface area contributed by atoms with Gasteiger partial charge >= 0.3 is 0 Å². The second-order valence-corrected chi connectivity index (χ2v) is 3.83. The molecule has 2 heteroatoms. The highest BCUT2D eigenvalue weighted by molar-refractivity contribution is 5.46. The lowest BCUT2D eigenvalue weighted by atomic mass is 9.90. The average molecular weight is 189 g/mol. The predicted octanol–water partition coefficient (Wildman–Crippen LogP) is 2.16. The maximum atomic E-state index is 9.79. The van der Waals surface area contributed by atoms with Gasteiger partial charge in [0.25, 0.3) is 0 Å². The highest BCUT2D eigenvalue weighted by Crippen LogP contribution is 2.34. The zero-order chi connectivity index (χ0) is 10.1. The molecule has 2 N–H and O–H groups in total. The lowest BCUT2D eigenvalue weighted by Crippen LogP contribution is -2.30. The van der Waals surface area contributed by atoms with Crippen molar-refractivity contribution < 1.29 is 5.11 Å². The van der Waals surface area contributed by atoms with Crippen LogP contribution < -0.4 is 5.32 Å². The summed E-state index contributed by atoms with van der Waals surface area (Å²) in [6.07, 6.45) is 0.980. The minimum atomic E-state index is 0.111. The Bertz CT molecular complexity index is 371. The van der Waals surface area contributed by atoms with E-state index in [0.29, 0.717) is 5.75 Å². The summed E-state index contributed by atoms with van der Waals surface area (Å²) in [7, 11) is 0. The number of fused-ring (bicyclic) bond motifs is 1. The fraction of sp³-hybridized carbons (Fsp3) is 0.333. The molecule has 1 unspecified atom stereocenters. The van der Waals surface area contributed by atoms with E-state index < -0.39 is 0 Å². The third kappa shape index (κ3) is 1.42. The molecule has 0 aliphatic carbocycles. The van der Waals surface area contributed by atoms with Crippen molar-refractivity contribution in [2.24, 2.45) is 0 Å². The van der Waals surface area contributed by atoms with E-state index in [-0.39, 0.29) is 6.04 Å². The molecule has 1 aromatic rings. The Kier molecular flexibility index (Phi) is 2.30. The summed E-state index contributed by atoms with van der Waals surface area (Å²) < 4.78 is 0. The van der Waals surface area contributed by atoms with E-state index in [2.05, 4.69) is 18.0 Å². The second-order valence-electron chi connectivity index (χ2n) is 3.83. The van der Waals surface area contributed by atoms with E-state index in [1.807, 2.05) is 13.0 Å². The summed E-state index contributed by atoms with van der Waals surface area (Å²) in [4.78, 5) is 0. The quantitative estimate of drug-likeness (QED) is 0.663. The highest BCUT2D eigenvalue weighted by Gasteiger charge is 2.22. The van der Waals surface area contributed by atoms with Crippen LogP contribution in [0.3, 0.4) is 0 Å². The molecule has 1 aliphatic heterocycles. The first-order chi connectivity index (χ1) is 6.70. The molecule has 2 rings (SSSR count). The molecule has 0 fully saturated rings. The van der Waals surface area contributed by atoms with Gasteiger partial charge in [-0.05, 0) is 25.0 Å². The fourth-order valence-corrected chi connectivity index (χ4v) is 2.02. The van der Waals surface area contributed by atoms with Crippen LogP contribution in [0.5, 0.6) is 5.75 Å². The lowest BCUT2D eigenvalue weighted by Gasteiger charge is -2.27. The number of benzene rings is 1. The van der Waals surface area contributed by atoms with Crippen LogP contribution in [-0.2, 0) is 6.42 Å². The van der Waals surface area contributed by atoms with Gasteiger partial charge in [0.15, 0.2) is 0 Å². The third-order valence-corrected chi connectivity index (χ3v) is 2.70. The summed E-state index contributed by atoms with van der Waals surface area (Å²) in [5, 5.41) is 13.2. The normalized spacial score (nSPS) is 20.2. The van der Waals surface area contributed by atoms with E-state index in [1.54, 1.807) is 6.07 Å². The number of aromatic hydroxyl groups is 1. The largest absolute Gasteiger partial charge is 0.508 e. The monoisotopic (exact) mass is 189 g/mol. The van der Waals surface area contributed by atoms with E-state index in [0.717, 1.165) is 24.1 Å². The van der Waals surface area contributed by atoms with Gasteiger partial charge in [0.1, 0.15) is 5.75 Å². The standard InChI is InChI=1S/C12H15NO/c1-8(2)12-11-9(6-7-13-12)4-3-5-10(11)14/h3-5,12-14H,1,6-7H2,2H3. The Morgan fingerprint density at radius 3 is 3.07 bits per heavy atom. The number of phenols is 1. The number of phenolic OH excluding ortho intramolecular Hbond substituents is 1. The molecule has 0 amide bonds.